The second-order valence-electron chi connectivity index (χ2n) is 28.0. The fraction of sp³-hybridized carbons (Fsp3) is 0.493. The number of phenolic OH excluding ortho intramolecular Hbond substituents is 1. The molecule has 40 heteroatoms. The first kappa shape index (κ1) is 92.1. The number of carbonyl (C=O) groups excluding carboxylic acids is 13. The van der Waals surface area contributed by atoms with Crippen molar-refractivity contribution in [2.75, 3.05) is 51.4 Å². The lowest BCUT2D eigenvalue weighted by Gasteiger charge is -2.30. The zero-order chi connectivity index (χ0) is 84.3. The van der Waals surface area contributed by atoms with Gasteiger partial charge in [0.25, 0.3) is 0 Å². The maximum Gasteiger partial charge on any atom is 0.303 e. The van der Waals surface area contributed by atoms with E-state index < -0.39 is 200 Å². The number of primary amides is 1. The van der Waals surface area contributed by atoms with Crippen molar-refractivity contribution in [3.05, 3.63) is 120 Å². The van der Waals surface area contributed by atoms with E-state index in [1.807, 2.05) is 0 Å². The minimum absolute atomic E-state index is 0.000346. The molecule has 1 saturated heterocycles. The van der Waals surface area contributed by atoms with Crippen molar-refractivity contribution in [2.24, 2.45) is 28.9 Å². The van der Waals surface area contributed by atoms with E-state index in [-0.39, 0.29) is 94.1 Å². The van der Waals surface area contributed by atoms with Gasteiger partial charge in [0.1, 0.15) is 78.3 Å². The number of aromatic nitrogens is 3. The number of aromatic hydroxyl groups is 1. The van der Waals surface area contributed by atoms with Crippen molar-refractivity contribution in [2.45, 2.75) is 176 Å². The van der Waals surface area contributed by atoms with Crippen LogP contribution in [0.15, 0.2) is 97.6 Å². The largest absolute Gasteiger partial charge is 0.508 e. The van der Waals surface area contributed by atoms with E-state index in [2.05, 4.69) is 78.8 Å². The van der Waals surface area contributed by atoms with Crippen LogP contribution >= 0.6 is 11.8 Å². The molecular weight excluding hydrogens is 1520 g/mol. The number of guanidine groups is 1. The second-order valence-corrected chi connectivity index (χ2v) is 29.0. The zero-order valence-electron chi connectivity index (χ0n) is 64.2. The molecule has 0 spiro atoms. The molecule has 3 aromatic carbocycles. The number of para-hydroxylation sites is 1. The SMILES string of the molecule is CSCC[C@H](NC(=O)[C@H](CO)NC(=O)[C@H](Cc1ccc(O)cc1)NC(=O)[C@@H](N)CO)C(=O)N[C@@H](CCC(=O)O)C(=O)N[C@@H](Cc1c[nH]cn1)C(=O)N[C@@H](Cc1ccccc1)C(=O)N[C@@H](CCCNC(=N)N)C(=O)N[C@@H](Cc1c[nH]c2ccccc12)C(=O)NCC(=O)N[C@@H](CCCCN)C(=O)N1CCC[C@H]1C(=O)N[C@H](C(N)=O)C(C)C. The van der Waals surface area contributed by atoms with E-state index in [0.717, 1.165) is 0 Å². The summed E-state index contributed by atoms with van der Waals surface area (Å²) in [5.74, 6) is -14.0. The Labute approximate surface area is 667 Å². The number of nitrogens with two attached hydrogens (primary N) is 4. The highest BCUT2D eigenvalue weighted by Gasteiger charge is 2.41. The number of hydrogen-bond acceptors (Lipinski definition) is 22. The number of H-pyrrole nitrogens is 2. The molecule has 1 aliphatic rings. The second kappa shape index (κ2) is 47.1. The molecular formula is C75H107N21O18S. The molecule has 12 atom stereocenters. The number of nitrogens with one attached hydrogen (secondary N) is 15. The summed E-state index contributed by atoms with van der Waals surface area (Å²) >= 11 is 1.24. The topological polar surface area (TPSA) is 640 Å². The predicted molar refractivity (Wildman–Crippen MR) is 421 cm³/mol. The number of fused-ring (bicyclic) bond motifs is 1. The Morgan fingerprint density at radius 3 is 1.70 bits per heavy atom. The molecule has 115 heavy (non-hydrogen) atoms. The normalized spacial score (nSPS) is 15.4. The molecule has 0 radical (unpaired) electrons. The molecule has 1 aliphatic heterocycles. The number of carboxylic acid groups (broad SMARTS) is 1. The van der Waals surface area contributed by atoms with Crippen LogP contribution in [0.25, 0.3) is 10.9 Å². The number of hydrogen-bond donors (Lipinski definition) is 23. The van der Waals surface area contributed by atoms with Crippen LogP contribution in [0.2, 0.25) is 0 Å². The Kier molecular flexibility index (Phi) is 37.7. The third-order valence-electron chi connectivity index (χ3n) is 18.9. The molecule has 0 unspecified atom stereocenters. The number of likely N-dealkylation sites (tertiary alicyclic amines) is 1. The number of aromatic amines is 2. The fourth-order valence-corrected chi connectivity index (χ4v) is 13.1. The Morgan fingerprint density at radius 2 is 1.13 bits per heavy atom. The summed E-state index contributed by atoms with van der Waals surface area (Å²) in [6.07, 6.45) is 4.86. The minimum Gasteiger partial charge on any atom is -0.508 e. The van der Waals surface area contributed by atoms with Crippen LogP contribution in [0.4, 0.5) is 0 Å². The van der Waals surface area contributed by atoms with Crippen molar-refractivity contribution >= 4 is 111 Å². The summed E-state index contributed by atoms with van der Waals surface area (Å²) < 4.78 is 0. The molecule has 0 saturated carbocycles. The Morgan fingerprint density at radius 1 is 0.591 bits per heavy atom. The first-order valence-electron chi connectivity index (χ1n) is 37.6. The molecule has 39 nitrogen and oxygen atoms in total. The van der Waals surface area contributed by atoms with Crippen LogP contribution in [0.3, 0.4) is 0 Å². The van der Waals surface area contributed by atoms with Gasteiger partial charge in [-0.1, -0.05) is 74.5 Å². The first-order valence-corrected chi connectivity index (χ1v) is 39.0. The number of phenols is 1. The number of benzene rings is 3. The summed E-state index contributed by atoms with van der Waals surface area (Å²) in [7, 11) is 0. The van der Waals surface area contributed by atoms with Gasteiger partial charge in [0.05, 0.1) is 31.8 Å². The van der Waals surface area contributed by atoms with Gasteiger partial charge in [-0.05, 0) is 117 Å². The Hall–Kier alpha value is -11.8. The number of unbranched alkanes of at least 4 members (excludes halogenated alkanes) is 1. The minimum atomic E-state index is -1.79. The third kappa shape index (κ3) is 29.9. The summed E-state index contributed by atoms with van der Waals surface area (Å²) in [4.78, 5) is 208. The van der Waals surface area contributed by atoms with Gasteiger partial charge >= 0.3 is 5.97 Å². The highest BCUT2D eigenvalue weighted by Crippen LogP contribution is 2.23. The smallest absolute Gasteiger partial charge is 0.303 e. The van der Waals surface area contributed by atoms with E-state index >= 15 is 14.4 Å². The van der Waals surface area contributed by atoms with Gasteiger partial charge in [0.15, 0.2) is 5.96 Å². The maximum absolute atomic E-state index is 15.2. The average molecular weight is 1620 g/mol. The highest BCUT2D eigenvalue weighted by molar-refractivity contribution is 7.98. The molecule has 2 aromatic heterocycles. The average Bonchev–Trinajstić information content (AvgIpc) is 1.39. The predicted octanol–water partition coefficient (Wildman–Crippen LogP) is -4.71. The fourth-order valence-electron chi connectivity index (χ4n) is 12.6. The molecule has 5 aromatic rings. The molecule has 13 amide bonds. The Bertz CT molecular complexity index is 4120. The summed E-state index contributed by atoms with van der Waals surface area (Å²) in [6.45, 7) is 1.25. The number of aliphatic carboxylic acids is 1. The number of aliphatic hydroxyl groups is 2. The standard InChI is InChI=1S/C75H107N21O18S/c1-41(2)62(63(78)103)95-73(113)59-19-12-29-96(59)74(114)53(17-9-10-27-76)86-60(100)37-84-65(105)56(33-44-35-83-49-16-8-7-15-47(44)49)92-66(106)50(18-11-28-82-75(79)80)87-69(109)55(31-42-13-5-4-6-14-42)91-71(111)57(34-45-36-81-40-85-45)93-67(107)51(24-25-61(101)102)88-68(108)52(26-30-115-3)89-72(112)58(39-98)94-70(110)54(90-64(104)48(77)38-97)32-43-20-22-46(99)23-21-43/h4-8,13-16,20-23,35-36,40-41,48,50-59,62,83,97-99H,9-12,17-19,24-34,37-39,76-77H2,1-3H3,(H2,78,103)(H,81,85)(H,84,105)(H,86,100)(H,87,109)(H,88,108)(H,89,112)(H,90,104)(H,91,111)(H,92,106)(H,93,107)(H,94,110)(H,95,113)(H,101,102)(H4,79,80,82)/t48-,50-,51-,52-,53-,54-,55-,56-,57-,58-,59-,62-/m0/s1. The number of thioether (sulfide) groups is 1. The highest BCUT2D eigenvalue weighted by atomic mass is 32.2. The van der Waals surface area contributed by atoms with Gasteiger partial charge < -0.3 is 122 Å². The number of carbonyl (C=O) groups is 14. The van der Waals surface area contributed by atoms with E-state index in [4.69, 9.17) is 28.3 Å². The molecule has 1 fully saturated rings. The quantitative estimate of drug-likeness (QED) is 0.00988. The molecule has 626 valence electrons. The number of aliphatic hydroxyl groups excluding tert-OH is 2. The van der Waals surface area contributed by atoms with Crippen LogP contribution in [0, 0.1) is 11.3 Å². The number of imidazole rings is 1. The number of carboxylic acids is 1. The lowest BCUT2D eigenvalue weighted by Crippen LogP contribution is -2.61. The lowest BCUT2D eigenvalue weighted by atomic mass is 10.0. The molecule has 3 heterocycles. The number of rotatable bonds is 49. The molecule has 27 N–H and O–H groups in total. The van der Waals surface area contributed by atoms with E-state index in [1.165, 1.54) is 53.5 Å². The van der Waals surface area contributed by atoms with Gasteiger partial charge in [-0.3, -0.25) is 72.5 Å². The lowest BCUT2D eigenvalue weighted by molar-refractivity contribution is -0.142. The summed E-state index contributed by atoms with van der Waals surface area (Å²) in [6, 6.07) is 3.30. The molecule has 0 aliphatic carbocycles. The van der Waals surface area contributed by atoms with Crippen LogP contribution in [-0.4, -0.2) is 253 Å². The van der Waals surface area contributed by atoms with Crippen LogP contribution < -0.4 is 86.7 Å². The monoisotopic (exact) mass is 1620 g/mol. The van der Waals surface area contributed by atoms with Gasteiger partial charge in [-0.25, -0.2) is 4.98 Å². The molecule has 6 rings (SSSR count). The first-order chi connectivity index (χ1) is 54.9. The molecule has 0 bridgehead atoms. The zero-order valence-corrected chi connectivity index (χ0v) is 65.0. The van der Waals surface area contributed by atoms with Crippen LogP contribution in [0.5, 0.6) is 5.75 Å². The number of nitrogens with zero attached hydrogens (tertiary/aromatic N) is 2. The van der Waals surface area contributed by atoms with Crippen molar-refractivity contribution in [1.29, 1.82) is 5.41 Å². The van der Waals surface area contributed by atoms with Crippen LogP contribution in [-0.2, 0) is 92.8 Å². The van der Waals surface area contributed by atoms with E-state index in [9.17, 15) is 73.2 Å². The van der Waals surface area contributed by atoms with Crippen molar-refractivity contribution in [3.63, 3.8) is 0 Å². The van der Waals surface area contributed by atoms with Gasteiger partial charge in [-0.2, -0.15) is 11.8 Å². The third-order valence-corrected chi connectivity index (χ3v) is 19.5. The van der Waals surface area contributed by atoms with Gasteiger partial charge in [0, 0.05) is 68.5 Å². The van der Waals surface area contributed by atoms with Crippen molar-refractivity contribution in [3.8, 4) is 5.75 Å². The van der Waals surface area contributed by atoms with E-state index in [0.29, 0.717) is 46.9 Å². The van der Waals surface area contributed by atoms with Gasteiger partial charge in [0.2, 0.25) is 76.8 Å². The summed E-state index contributed by atoms with van der Waals surface area (Å²) in [5, 5.41) is 79.1. The number of amides is 13. The van der Waals surface area contributed by atoms with Gasteiger partial charge in [-0.15, -0.1) is 0 Å². The van der Waals surface area contributed by atoms with E-state index in [1.54, 1.807) is 80.9 Å². The van der Waals surface area contributed by atoms with Crippen molar-refractivity contribution in [1.82, 2.24) is 83.7 Å². The maximum atomic E-state index is 15.2. The Balaban J connectivity index is 1.25. The van der Waals surface area contributed by atoms with Crippen LogP contribution in [0.1, 0.15) is 100 Å². The summed E-state index contributed by atoms with van der Waals surface area (Å²) in [5.41, 5.74) is 25.0. The van der Waals surface area contributed by atoms with Crippen molar-refractivity contribution < 1.29 is 87.5 Å².